The number of carboxylic acids is 1. The largest absolute Gasteiger partial charge is 0.480 e. The van der Waals surface area contributed by atoms with Crippen LogP contribution >= 0.6 is 0 Å². The van der Waals surface area contributed by atoms with Gasteiger partial charge in [-0.3, -0.25) is 4.79 Å². The Balaban J connectivity index is 1.83. The van der Waals surface area contributed by atoms with Gasteiger partial charge in [0, 0.05) is 18.4 Å². The number of nitrogens with one attached hydrogen (secondary N) is 2. The Morgan fingerprint density at radius 1 is 1.07 bits per heavy atom. The van der Waals surface area contributed by atoms with E-state index >= 15 is 0 Å². The monoisotopic (exact) mass is 572 g/mol. The van der Waals surface area contributed by atoms with Gasteiger partial charge in [0.2, 0.25) is 0 Å². The van der Waals surface area contributed by atoms with Crippen LogP contribution in [0.4, 0.5) is 0 Å². The van der Waals surface area contributed by atoms with Gasteiger partial charge in [0.15, 0.2) is 0 Å². The molecule has 1 saturated carbocycles. The Labute approximate surface area is 238 Å². The van der Waals surface area contributed by atoms with Crippen LogP contribution in [-0.4, -0.2) is 62.6 Å². The molecule has 40 heavy (non-hydrogen) atoms. The van der Waals surface area contributed by atoms with Crippen molar-refractivity contribution in [2.75, 3.05) is 25.1 Å². The van der Waals surface area contributed by atoms with Crippen LogP contribution in [-0.2, 0) is 26.0 Å². The van der Waals surface area contributed by atoms with E-state index in [2.05, 4.69) is 17.6 Å². The number of carbonyl (C=O) groups excluding carboxylic acids is 1. The van der Waals surface area contributed by atoms with Gasteiger partial charge in [-0.05, 0) is 66.6 Å². The average Bonchev–Trinajstić information content (AvgIpc) is 2.92. The van der Waals surface area contributed by atoms with Crippen LogP contribution in [0.5, 0.6) is 0 Å². The second-order valence-electron chi connectivity index (χ2n) is 11.0. The molecule has 220 valence electrons. The number of likely N-dealkylation sites (N-methyl/N-ethyl adjacent to an activating group) is 1. The minimum absolute atomic E-state index is 0.0964. The number of aryl methyl sites for hydroxylation is 1. The number of carbonyl (C=O) groups is 2. The van der Waals surface area contributed by atoms with Crippen molar-refractivity contribution in [3.8, 4) is 11.1 Å². The Morgan fingerprint density at radius 3 is 2.45 bits per heavy atom. The zero-order chi connectivity index (χ0) is 29.1. The minimum atomic E-state index is -3.38. The maximum absolute atomic E-state index is 13.3. The summed E-state index contributed by atoms with van der Waals surface area (Å²) in [5.74, 6) is -1.48. The number of hydrogen-bond donors (Lipinski definition) is 3. The first-order valence-electron chi connectivity index (χ1n) is 14.3. The topological polar surface area (TPSA) is 122 Å². The molecule has 1 unspecified atom stereocenters. The molecule has 3 rings (SSSR count). The van der Waals surface area contributed by atoms with Gasteiger partial charge in [0.05, 0.1) is 18.5 Å². The standard InChI is InChI=1S/C31H44N2O6S/c1-4-32-20-25(18-23-11-6-5-7-12-23)39-21-24-14-15-27(28(19-24)26-13-9-8-10-22(26)2)30(34)33-29(31(35)36)16-17-40(3,37)38/h8-10,13-15,19,23,25,29,32H,4-7,11-12,16-18,20-21H2,1-3H3,(H,33,34)(H,35,36)/t25?,29-/m0/s1. The third-order valence-corrected chi connectivity index (χ3v) is 8.55. The summed E-state index contributed by atoms with van der Waals surface area (Å²) in [5.41, 5.74) is 3.77. The fraction of sp³-hybridized carbons (Fsp3) is 0.548. The number of carboxylic acid groups (broad SMARTS) is 1. The number of ether oxygens (including phenoxy) is 1. The quantitative estimate of drug-likeness (QED) is 0.282. The molecule has 2 aromatic rings. The lowest BCUT2D eigenvalue weighted by atomic mass is 9.85. The lowest BCUT2D eigenvalue weighted by Crippen LogP contribution is -2.42. The highest BCUT2D eigenvalue weighted by atomic mass is 32.2. The molecule has 1 fully saturated rings. The normalized spacial score (nSPS) is 15.9. The van der Waals surface area contributed by atoms with Gasteiger partial charge in [0.25, 0.3) is 5.91 Å². The Morgan fingerprint density at radius 2 is 1.80 bits per heavy atom. The van der Waals surface area contributed by atoms with Crippen LogP contribution < -0.4 is 10.6 Å². The van der Waals surface area contributed by atoms with Crippen LogP contribution in [0, 0.1) is 12.8 Å². The van der Waals surface area contributed by atoms with Crippen molar-refractivity contribution in [1.29, 1.82) is 0 Å². The van der Waals surface area contributed by atoms with Crippen LogP contribution in [0.1, 0.15) is 73.4 Å². The highest BCUT2D eigenvalue weighted by molar-refractivity contribution is 7.90. The number of rotatable bonds is 15. The molecule has 0 spiro atoms. The van der Waals surface area contributed by atoms with Crippen molar-refractivity contribution in [3.63, 3.8) is 0 Å². The third-order valence-electron chi connectivity index (χ3n) is 7.57. The van der Waals surface area contributed by atoms with Crippen molar-refractivity contribution >= 4 is 21.7 Å². The van der Waals surface area contributed by atoms with E-state index in [4.69, 9.17) is 4.74 Å². The number of aliphatic carboxylic acids is 1. The molecule has 0 radical (unpaired) electrons. The minimum Gasteiger partial charge on any atom is -0.480 e. The summed E-state index contributed by atoms with van der Waals surface area (Å²) in [7, 11) is -3.38. The molecular weight excluding hydrogens is 528 g/mol. The summed E-state index contributed by atoms with van der Waals surface area (Å²) < 4.78 is 29.6. The summed E-state index contributed by atoms with van der Waals surface area (Å²) in [5, 5.41) is 15.6. The molecule has 1 aliphatic carbocycles. The summed E-state index contributed by atoms with van der Waals surface area (Å²) in [6.07, 6.45) is 8.38. The van der Waals surface area contributed by atoms with Gasteiger partial charge in [0.1, 0.15) is 15.9 Å². The van der Waals surface area contributed by atoms with Crippen molar-refractivity contribution in [3.05, 3.63) is 59.2 Å². The van der Waals surface area contributed by atoms with Gasteiger partial charge in [-0.15, -0.1) is 0 Å². The second kappa shape index (κ2) is 15.3. The number of hydrogen-bond acceptors (Lipinski definition) is 6. The summed E-state index contributed by atoms with van der Waals surface area (Å²) in [6, 6.07) is 11.9. The molecule has 8 nitrogen and oxygen atoms in total. The molecule has 3 N–H and O–H groups in total. The van der Waals surface area contributed by atoms with E-state index in [1.54, 1.807) is 6.07 Å². The molecule has 1 aliphatic rings. The predicted molar refractivity (Wildman–Crippen MR) is 158 cm³/mol. The molecule has 0 saturated heterocycles. The summed E-state index contributed by atoms with van der Waals surface area (Å²) >= 11 is 0. The van der Waals surface area contributed by atoms with Crippen LogP contribution in [0.2, 0.25) is 0 Å². The van der Waals surface area contributed by atoms with E-state index in [1.165, 1.54) is 32.1 Å². The highest BCUT2D eigenvalue weighted by Gasteiger charge is 2.25. The first-order valence-corrected chi connectivity index (χ1v) is 16.4. The number of benzene rings is 2. The molecule has 0 aliphatic heterocycles. The van der Waals surface area contributed by atoms with Crippen molar-refractivity contribution in [2.24, 2.45) is 5.92 Å². The molecule has 0 bridgehead atoms. The van der Waals surface area contributed by atoms with E-state index in [1.807, 2.05) is 43.3 Å². The Hall–Kier alpha value is -2.75. The lowest BCUT2D eigenvalue weighted by molar-refractivity contribution is -0.139. The van der Waals surface area contributed by atoms with E-state index in [0.29, 0.717) is 23.7 Å². The fourth-order valence-electron chi connectivity index (χ4n) is 5.33. The molecule has 1 amide bonds. The van der Waals surface area contributed by atoms with Crippen molar-refractivity contribution in [2.45, 2.75) is 77.5 Å². The van der Waals surface area contributed by atoms with Gasteiger partial charge in [-0.1, -0.05) is 69.4 Å². The maximum atomic E-state index is 13.3. The number of amides is 1. The Kier molecular flexibility index (Phi) is 12.2. The first kappa shape index (κ1) is 31.8. The van der Waals surface area contributed by atoms with Gasteiger partial charge < -0.3 is 20.5 Å². The van der Waals surface area contributed by atoms with Crippen molar-refractivity contribution < 1.29 is 27.9 Å². The second-order valence-corrected chi connectivity index (χ2v) is 13.2. The SMILES string of the molecule is CCNCC(CC1CCCCC1)OCc1ccc(C(=O)N[C@@H](CCS(C)(=O)=O)C(=O)O)c(-c2ccccc2C)c1. The number of sulfone groups is 1. The molecule has 9 heteroatoms. The highest BCUT2D eigenvalue weighted by Crippen LogP contribution is 2.30. The molecule has 2 atom stereocenters. The lowest BCUT2D eigenvalue weighted by Gasteiger charge is -2.27. The summed E-state index contributed by atoms with van der Waals surface area (Å²) in [6.45, 7) is 6.13. The van der Waals surface area contributed by atoms with E-state index in [0.717, 1.165) is 42.5 Å². The van der Waals surface area contributed by atoms with Crippen LogP contribution in [0.15, 0.2) is 42.5 Å². The van der Waals surface area contributed by atoms with Gasteiger partial charge >= 0.3 is 5.97 Å². The van der Waals surface area contributed by atoms with Crippen LogP contribution in [0.25, 0.3) is 11.1 Å². The predicted octanol–water partition coefficient (Wildman–Crippen LogP) is 4.74. The molecule has 0 heterocycles. The summed E-state index contributed by atoms with van der Waals surface area (Å²) in [4.78, 5) is 25.1. The van der Waals surface area contributed by atoms with E-state index in [9.17, 15) is 23.1 Å². The van der Waals surface area contributed by atoms with Gasteiger partial charge in [-0.25, -0.2) is 13.2 Å². The first-order chi connectivity index (χ1) is 19.1. The van der Waals surface area contributed by atoms with E-state index in [-0.39, 0.29) is 18.3 Å². The molecular formula is C31H44N2O6S. The maximum Gasteiger partial charge on any atom is 0.326 e. The molecule has 2 aromatic carbocycles. The average molecular weight is 573 g/mol. The Bertz CT molecular complexity index is 1240. The zero-order valence-electron chi connectivity index (χ0n) is 23.9. The zero-order valence-corrected chi connectivity index (χ0v) is 24.8. The smallest absolute Gasteiger partial charge is 0.326 e. The van der Waals surface area contributed by atoms with Gasteiger partial charge in [-0.2, -0.15) is 0 Å². The fourth-order valence-corrected chi connectivity index (χ4v) is 5.99. The van der Waals surface area contributed by atoms with Crippen LogP contribution in [0.3, 0.4) is 0 Å². The van der Waals surface area contributed by atoms with Crippen molar-refractivity contribution in [1.82, 2.24) is 10.6 Å². The van der Waals surface area contributed by atoms with E-state index < -0.39 is 27.8 Å². The molecule has 0 aromatic heterocycles. The third kappa shape index (κ3) is 10.0.